The number of rotatable bonds is 3. The SMILES string of the molecule is CC(C)(C)OC(=O)NC1CCC(Nc2ccc(O)c(Cl)c2)C1. The summed E-state index contributed by atoms with van der Waals surface area (Å²) in [5.74, 6) is 0.0723. The average Bonchev–Trinajstić information content (AvgIpc) is 2.78. The monoisotopic (exact) mass is 326 g/mol. The molecular weight excluding hydrogens is 304 g/mol. The number of benzene rings is 1. The van der Waals surface area contributed by atoms with Crippen LogP contribution in [0.4, 0.5) is 10.5 Å². The number of aromatic hydroxyl groups is 1. The highest BCUT2D eigenvalue weighted by Crippen LogP contribution is 2.29. The number of hydrogen-bond acceptors (Lipinski definition) is 4. The molecule has 6 heteroatoms. The van der Waals surface area contributed by atoms with Crippen molar-refractivity contribution in [3.8, 4) is 5.75 Å². The van der Waals surface area contributed by atoms with E-state index < -0.39 is 5.60 Å². The smallest absolute Gasteiger partial charge is 0.407 e. The van der Waals surface area contributed by atoms with Crippen LogP contribution in [0.25, 0.3) is 0 Å². The molecule has 0 radical (unpaired) electrons. The fraction of sp³-hybridized carbons (Fsp3) is 0.562. The van der Waals surface area contributed by atoms with E-state index in [0.29, 0.717) is 5.02 Å². The summed E-state index contributed by atoms with van der Waals surface area (Å²) in [5.41, 5.74) is 0.383. The van der Waals surface area contributed by atoms with Crippen molar-refractivity contribution in [3.05, 3.63) is 23.2 Å². The van der Waals surface area contributed by atoms with Crippen LogP contribution in [0.15, 0.2) is 18.2 Å². The number of carbonyl (C=O) groups is 1. The third-order valence-corrected chi connectivity index (χ3v) is 3.77. The molecule has 1 aromatic carbocycles. The van der Waals surface area contributed by atoms with Gasteiger partial charge in [0.05, 0.1) is 5.02 Å². The van der Waals surface area contributed by atoms with Gasteiger partial charge in [-0.15, -0.1) is 0 Å². The second kappa shape index (κ2) is 6.65. The molecule has 1 amide bonds. The first kappa shape index (κ1) is 16.7. The quantitative estimate of drug-likeness (QED) is 0.737. The van der Waals surface area contributed by atoms with Gasteiger partial charge in [-0.1, -0.05) is 11.6 Å². The Bertz CT molecular complexity index is 543. The zero-order valence-electron chi connectivity index (χ0n) is 13.1. The van der Waals surface area contributed by atoms with Gasteiger partial charge in [-0.05, 0) is 58.2 Å². The fourth-order valence-corrected chi connectivity index (χ4v) is 2.73. The van der Waals surface area contributed by atoms with E-state index in [2.05, 4.69) is 10.6 Å². The maximum atomic E-state index is 11.8. The number of amides is 1. The Morgan fingerprint density at radius 1 is 1.32 bits per heavy atom. The molecule has 1 aliphatic carbocycles. The number of carbonyl (C=O) groups excluding carboxylic acids is 1. The highest BCUT2D eigenvalue weighted by Gasteiger charge is 2.27. The van der Waals surface area contributed by atoms with Gasteiger partial charge >= 0.3 is 6.09 Å². The molecule has 0 bridgehead atoms. The highest BCUT2D eigenvalue weighted by atomic mass is 35.5. The molecule has 122 valence electrons. The Kier molecular flexibility index (Phi) is 5.06. The third-order valence-electron chi connectivity index (χ3n) is 3.47. The Balaban J connectivity index is 1.82. The van der Waals surface area contributed by atoms with Crippen LogP contribution in [0.2, 0.25) is 5.02 Å². The molecule has 2 atom stereocenters. The number of ether oxygens (including phenoxy) is 1. The number of phenols is 1. The van der Waals surface area contributed by atoms with E-state index in [9.17, 15) is 9.90 Å². The normalized spacial score (nSPS) is 21.5. The van der Waals surface area contributed by atoms with Crippen LogP contribution in [0.1, 0.15) is 40.0 Å². The van der Waals surface area contributed by atoms with Crippen molar-refractivity contribution in [3.63, 3.8) is 0 Å². The van der Waals surface area contributed by atoms with Crippen molar-refractivity contribution in [2.24, 2.45) is 0 Å². The number of anilines is 1. The minimum absolute atomic E-state index is 0.0723. The highest BCUT2D eigenvalue weighted by molar-refractivity contribution is 6.32. The van der Waals surface area contributed by atoms with Crippen LogP contribution in [0, 0.1) is 0 Å². The summed E-state index contributed by atoms with van der Waals surface area (Å²) in [6.07, 6.45) is 2.32. The second-order valence-electron chi connectivity index (χ2n) is 6.66. The maximum Gasteiger partial charge on any atom is 0.407 e. The lowest BCUT2D eigenvalue weighted by molar-refractivity contribution is 0.0505. The van der Waals surface area contributed by atoms with Crippen LogP contribution >= 0.6 is 11.6 Å². The predicted molar refractivity (Wildman–Crippen MR) is 87.5 cm³/mol. The Morgan fingerprint density at radius 3 is 2.64 bits per heavy atom. The zero-order valence-corrected chi connectivity index (χ0v) is 13.9. The second-order valence-corrected chi connectivity index (χ2v) is 7.07. The molecule has 22 heavy (non-hydrogen) atoms. The molecule has 0 aromatic heterocycles. The van der Waals surface area contributed by atoms with E-state index in [1.165, 1.54) is 0 Å². The van der Waals surface area contributed by atoms with Crippen molar-refractivity contribution in [2.45, 2.75) is 57.7 Å². The van der Waals surface area contributed by atoms with Crippen molar-refractivity contribution in [2.75, 3.05) is 5.32 Å². The van der Waals surface area contributed by atoms with E-state index in [-0.39, 0.29) is 23.9 Å². The first-order valence-corrected chi connectivity index (χ1v) is 7.85. The summed E-state index contributed by atoms with van der Waals surface area (Å²) in [4.78, 5) is 11.8. The lowest BCUT2D eigenvalue weighted by atomic mass is 10.2. The third kappa shape index (κ3) is 4.98. The molecule has 1 saturated carbocycles. The van der Waals surface area contributed by atoms with E-state index in [4.69, 9.17) is 16.3 Å². The molecule has 0 spiro atoms. The van der Waals surface area contributed by atoms with E-state index >= 15 is 0 Å². The van der Waals surface area contributed by atoms with Gasteiger partial charge < -0.3 is 20.5 Å². The minimum Gasteiger partial charge on any atom is -0.506 e. The molecule has 0 saturated heterocycles. The predicted octanol–water partition coefficient (Wildman–Crippen LogP) is 3.90. The molecular formula is C16H23ClN2O3. The van der Waals surface area contributed by atoms with E-state index in [1.807, 2.05) is 20.8 Å². The maximum absolute atomic E-state index is 11.8. The Hall–Kier alpha value is -1.62. The summed E-state index contributed by atoms with van der Waals surface area (Å²) < 4.78 is 5.27. The van der Waals surface area contributed by atoms with E-state index in [1.54, 1.807) is 18.2 Å². The van der Waals surface area contributed by atoms with E-state index in [0.717, 1.165) is 24.9 Å². The van der Waals surface area contributed by atoms with Gasteiger partial charge in [0.1, 0.15) is 11.4 Å². The van der Waals surface area contributed by atoms with Crippen LogP contribution < -0.4 is 10.6 Å². The van der Waals surface area contributed by atoms with Crippen LogP contribution in [-0.4, -0.2) is 28.9 Å². The molecule has 0 heterocycles. The Labute approximate surface area is 136 Å². The van der Waals surface area contributed by atoms with Crippen molar-refractivity contribution < 1.29 is 14.6 Å². The zero-order chi connectivity index (χ0) is 16.3. The summed E-state index contributed by atoms with van der Waals surface area (Å²) >= 11 is 5.89. The fourth-order valence-electron chi connectivity index (χ4n) is 2.55. The summed E-state index contributed by atoms with van der Waals surface area (Å²) in [7, 11) is 0. The lowest BCUT2D eigenvalue weighted by Gasteiger charge is -2.22. The number of alkyl carbamates (subject to hydrolysis) is 1. The Morgan fingerprint density at radius 2 is 2.00 bits per heavy atom. The minimum atomic E-state index is -0.483. The molecule has 0 aliphatic heterocycles. The average molecular weight is 327 g/mol. The summed E-state index contributed by atoms with van der Waals surface area (Å²) in [5, 5.41) is 16.0. The molecule has 1 fully saturated rings. The van der Waals surface area contributed by atoms with Gasteiger partial charge in [0.15, 0.2) is 0 Å². The van der Waals surface area contributed by atoms with Gasteiger partial charge in [-0.2, -0.15) is 0 Å². The van der Waals surface area contributed by atoms with Gasteiger partial charge in [-0.25, -0.2) is 4.79 Å². The summed E-state index contributed by atoms with van der Waals surface area (Å²) in [6, 6.07) is 5.43. The topological polar surface area (TPSA) is 70.6 Å². The molecule has 1 aromatic rings. The largest absolute Gasteiger partial charge is 0.506 e. The summed E-state index contributed by atoms with van der Waals surface area (Å²) in [6.45, 7) is 5.54. The number of phenolic OH excluding ortho intramolecular Hbond substituents is 1. The van der Waals surface area contributed by atoms with Crippen LogP contribution in [-0.2, 0) is 4.74 Å². The lowest BCUT2D eigenvalue weighted by Crippen LogP contribution is -2.38. The molecule has 5 nitrogen and oxygen atoms in total. The first-order valence-electron chi connectivity index (χ1n) is 7.47. The standard InChI is InChI=1S/C16H23ClN2O3/c1-16(2,3)22-15(21)19-11-5-4-10(8-11)18-12-6-7-14(20)13(17)9-12/h6-7,9-11,18,20H,4-5,8H2,1-3H3,(H,19,21). The molecule has 2 rings (SSSR count). The van der Waals surface area contributed by atoms with Gasteiger partial charge in [0.25, 0.3) is 0 Å². The molecule has 2 unspecified atom stereocenters. The molecule has 1 aliphatic rings. The molecule has 3 N–H and O–H groups in total. The van der Waals surface area contributed by atoms with Gasteiger partial charge in [0.2, 0.25) is 0 Å². The van der Waals surface area contributed by atoms with Crippen molar-refractivity contribution >= 4 is 23.4 Å². The van der Waals surface area contributed by atoms with Crippen molar-refractivity contribution in [1.29, 1.82) is 0 Å². The number of nitrogens with one attached hydrogen (secondary N) is 2. The first-order chi connectivity index (χ1) is 10.2. The van der Waals surface area contributed by atoms with Gasteiger partial charge in [-0.3, -0.25) is 0 Å². The van der Waals surface area contributed by atoms with Crippen LogP contribution in [0.5, 0.6) is 5.75 Å². The van der Waals surface area contributed by atoms with Crippen molar-refractivity contribution in [1.82, 2.24) is 5.32 Å². The number of hydrogen-bond donors (Lipinski definition) is 3. The number of halogens is 1. The van der Waals surface area contributed by atoms with Gasteiger partial charge in [0, 0.05) is 17.8 Å². The van der Waals surface area contributed by atoms with Crippen LogP contribution in [0.3, 0.4) is 0 Å².